The molecule has 1 amide bonds. The Hall–Kier alpha value is -2.45. The van der Waals surface area contributed by atoms with Crippen LogP contribution < -0.4 is 16.0 Å². The van der Waals surface area contributed by atoms with Gasteiger partial charge in [0.15, 0.2) is 0 Å². The molecular weight excluding hydrogens is 318 g/mol. The van der Waals surface area contributed by atoms with Crippen molar-refractivity contribution in [2.24, 2.45) is 12.2 Å². The Labute approximate surface area is 133 Å². The van der Waals surface area contributed by atoms with Crippen LogP contribution in [0.3, 0.4) is 0 Å². The average Bonchev–Trinajstić information content (AvgIpc) is 2.49. The van der Waals surface area contributed by atoms with Crippen LogP contribution in [0.25, 0.3) is 0 Å². The van der Waals surface area contributed by atoms with E-state index in [1.54, 1.807) is 25.2 Å². The van der Waals surface area contributed by atoms with Crippen molar-refractivity contribution >= 4 is 15.9 Å². The molecule has 1 aromatic carbocycles. The van der Waals surface area contributed by atoms with Crippen LogP contribution in [0.2, 0.25) is 0 Å². The maximum Gasteiger partial charge on any atom is 0.251 e. The molecule has 0 aliphatic carbocycles. The van der Waals surface area contributed by atoms with Crippen molar-refractivity contribution in [3.8, 4) is 0 Å². The summed E-state index contributed by atoms with van der Waals surface area (Å²) in [4.78, 5) is 23.5. The number of carbonyl (C=O) groups is 1. The summed E-state index contributed by atoms with van der Waals surface area (Å²) in [6, 6.07) is 8.98. The van der Waals surface area contributed by atoms with Crippen molar-refractivity contribution in [3.05, 3.63) is 64.1 Å². The van der Waals surface area contributed by atoms with E-state index in [9.17, 15) is 18.0 Å². The maximum atomic E-state index is 11.9. The molecule has 0 unspecified atom stereocenters. The van der Waals surface area contributed by atoms with Gasteiger partial charge in [-0.15, -0.1) is 0 Å². The first-order valence-electron chi connectivity index (χ1n) is 6.84. The zero-order valence-corrected chi connectivity index (χ0v) is 13.3. The first-order valence-corrected chi connectivity index (χ1v) is 8.38. The lowest BCUT2D eigenvalue weighted by Gasteiger charge is -2.06. The molecule has 2 aromatic rings. The van der Waals surface area contributed by atoms with Gasteiger partial charge in [0.25, 0.3) is 11.5 Å². The molecule has 7 nitrogen and oxygen atoms in total. The number of aryl methyl sites for hydroxylation is 1. The third kappa shape index (κ3) is 4.51. The number of carbonyl (C=O) groups excluding carboxylic acids is 1. The molecule has 3 N–H and O–H groups in total. The molecule has 23 heavy (non-hydrogen) atoms. The van der Waals surface area contributed by atoms with Crippen molar-refractivity contribution < 1.29 is 13.2 Å². The van der Waals surface area contributed by atoms with Crippen LogP contribution in [0, 0.1) is 0 Å². The summed E-state index contributed by atoms with van der Waals surface area (Å²) in [5, 5.41) is 7.73. The largest absolute Gasteiger partial charge is 0.352 e. The fraction of sp³-hybridized carbons (Fsp3) is 0.200. The monoisotopic (exact) mass is 335 g/mol. The van der Waals surface area contributed by atoms with Crippen LogP contribution in [0.4, 0.5) is 0 Å². The number of pyridine rings is 1. The van der Waals surface area contributed by atoms with Crippen LogP contribution in [0.5, 0.6) is 0 Å². The van der Waals surface area contributed by atoms with E-state index >= 15 is 0 Å². The summed E-state index contributed by atoms with van der Waals surface area (Å²) in [7, 11) is -2.09. The Bertz CT molecular complexity index is 870. The minimum Gasteiger partial charge on any atom is -0.352 e. The van der Waals surface area contributed by atoms with E-state index in [1.807, 2.05) is 0 Å². The highest BCUT2D eigenvalue weighted by atomic mass is 32.2. The van der Waals surface area contributed by atoms with Crippen molar-refractivity contribution in [1.29, 1.82) is 0 Å². The fourth-order valence-electron chi connectivity index (χ4n) is 1.96. The molecule has 0 fully saturated rings. The molecule has 0 aliphatic rings. The molecule has 0 aliphatic heterocycles. The molecule has 0 radical (unpaired) electrons. The van der Waals surface area contributed by atoms with Gasteiger partial charge < -0.3 is 9.88 Å². The molecule has 1 aromatic heterocycles. The Balaban J connectivity index is 1.93. The Kier molecular flexibility index (Phi) is 4.97. The maximum absolute atomic E-state index is 11.9. The summed E-state index contributed by atoms with van der Waals surface area (Å²) >= 11 is 0. The van der Waals surface area contributed by atoms with Gasteiger partial charge in [-0.25, -0.2) is 13.6 Å². The van der Waals surface area contributed by atoms with Crippen LogP contribution in [0.1, 0.15) is 15.9 Å². The minimum atomic E-state index is -3.70. The summed E-state index contributed by atoms with van der Waals surface area (Å²) in [6.45, 7) is 0.364. The highest BCUT2D eigenvalue weighted by Gasteiger charge is 2.08. The average molecular weight is 335 g/mol. The Morgan fingerprint density at radius 2 is 1.87 bits per heavy atom. The van der Waals surface area contributed by atoms with Gasteiger partial charge in [-0.05, 0) is 30.2 Å². The van der Waals surface area contributed by atoms with Crippen molar-refractivity contribution in [1.82, 2.24) is 9.88 Å². The van der Waals surface area contributed by atoms with Gasteiger partial charge in [0.2, 0.25) is 10.0 Å². The molecule has 0 saturated carbocycles. The number of nitrogens with two attached hydrogens (primary N) is 1. The number of nitrogens with one attached hydrogen (secondary N) is 1. The number of sulfonamides is 1. The lowest BCUT2D eigenvalue weighted by molar-refractivity contribution is 0.0954. The van der Waals surface area contributed by atoms with E-state index in [0.29, 0.717) is 18.5 Å². The highest BCUT2D eigenvalue weighted by Crippen LogP contribution is 2.09. The second-order valence-electron chi connectivity index (χ2n) is 5.06. The quantitative estimate of drug-likeness (QED) is 0.801. The van der Waals surface area contributed by atoms with E-state index in [-0.39, 0.29) is 16.4 Å². The number of rotatable bonds is 5. The van der Waals surface area contributed by atoms with Crippen molar-refractivity contribution in [3.63, 3.8) is 0 Å². The fourth-order valence-corrected chi connectivity index (χ4v) is 2.47. The van der Waals surface area contributed by atoms with Gasteiger partial charge in [0, 0.05) is 31.4 Å². The molecule has 0 spiro atoms. The number of aromatic nitrogens is 1. The number of amides is 1. The standard InChI is InChI=1S/C15H17N3O4S/c1-18-9-7-12(10-14(18)19)15(20)17-8-6-11-2-4-13(5-3-11)23(16,21)22/h2-5,7,9-10H,6,8H2,1H3,(H,17,20)(H2,16,21,22). The number of benzene rings is 1. The molecule has 122 valence electrons. The second-order valence-corrected chi connectivity index (χ2v) is 6.62. The lowest BCUT2D eigenvalue weighted by atomic mass is 10.1. The normalized spacial score (nSPS) is 11.2. The van der Waals surface area contributed by atoms with Gasteiger partial charge >= 0.3 is 0 Å². The predicted octanol–water partition coefficient (Wildman–Crippen LogP) is 0.00520. The number of primary sulfonamides is 1. The van der Waals surface area contributed by atoms with Gasteiger partial charge in [0.05, 0.1) is 4.90 Å². The minimum absolute atomic E-state index is 0.0467. The molecule has 8 heteroatoms. The molecule has 0 saturated heterocycles. The summed E-state index contributed by atoms with van der Waals surface area (Å²) in [5.74, 6) is -0.330. The number of nitrogens with zero attached hydrogens (tertiary/aromatic N) is 1. The van der Waals surface area contributed by atoms with E-state index in [1.165, 1.54) is 29.0 Å². The third-order valence-corrected chi connectivity index (χ3v) is 4.25. The van der Waals surface area contributed by atoms with Gasteiger partial charge in [-0.1, -0.05) is 12.1 Å². The first kappa shape index (κ1) is 16.9. The van der Waals surface area contributed by atoms with Crippen LogP contribution in [-0.4, -0.2) is 25.4 Å². The molecular formula is C15H17N3O4S. The number of hydrogen-bond acceptors (Lipinski definition) is 4. The third-order valence-electron chi connectivity index (χ3n) is 3.32. The number of hydrogen-bond donors (Lipinski definition) is 2. The van der Waals surface area contributed by atoms with Gasteiger partial charge in [-0.3, -0.25) is 9.59 Å². The molecule has 0 bridgehead atoms. The van der Waals surface area contributed by atoms with Crippen molar-refractivity contribution in [2.45, 2.75) is 11.3 Å². The van der Waals surface area contributed by atoms with E-state index in [4.69, 9.17) is 5.14 Å². The zero-order chi connectivity index (χ0) is 17.0. The summed E-state index contributed by atoms with van der Waals surface area (Å²) in [6.07, 6.45) is 2.06. The predicted molar refractivity (Wildman–Crippen MR) is 85.5 cm³/mol. The second kappa shape index (κ2) is 6.76. The molecule has 0 atom stereocenters. The summed E-state index contributed by atoms with van der Waals surface area (Å²) < 4.78 is 23.7. The summed E-state index contributed by atoms with van der Waals surface area (Å²) in [5.41, 5.74) is 0.913. The van der Waals surface area contributed by atoms with Crippen LogP contribution in [0.15, 0.2) is 52.3 Å². The Morgan fingerprint density at radius 1 is 1.22 bits per heavy atom. The SMILES string of the molecule is Cn1ccc(C(=O)NCCc2ccc(S(N)(=O)=O)cc2)cc1=O. The smallest absolute Gasteiger partial charge is 0.251 e. The Morgan fingerprint density at radius 3 is 2.43 bits per heavy atom. The highest BCUT2D eigenvalue weighted by molar-refractivity contribution is 7.89. The van der Waals surface area contributed by atoms with Gasteiger partial charge in [0.1, 0.15) is 0 Å². The zero-order valence-electron chi connectivity index (χ0n) is 12.5. The molecule has 2 rings (SSSR count). The van der Waals surface area contributed by atoms with Crippen molar-refractivity contribution in [2.75, 3.05) is 6.54 Å². The van der Waals surface area contributed by atoms with Gasteiger partial charge in [-0.2, -0.15) is 0 Å². The van der Waals surface area contributed by atoms with Crippen LogP contribution >= 0.6 is 0 Å². The van der Waals surface area contributed by atoms with Crippen LogP contribution in [-0.2, 0) is 23.5 Å². The van der Waals surface area contributed by atoms with E-state index < -0.39 is 10.0 Å². The lowest BCUT2D eigenvalue weighted by Crippen LogP contribution is -2.27. The molecule has 1 heterocycles. The first-order chi connectivity index (χ1) is 10.8. The topological polar surface area (TPSA) is 111 Å². The van der Waals surface area contributed by atoms with E-state index in [0.717, 1.165) is 5.56 Å². The van der Waals surface area contributed by atoms with E-state index in [2.05, 4.69) is 5.32 Å².